The van der Waals surface area contributed by atoms with E-state index in [1.165, 1.54) is 0 Å². The molecule has 1 aliphatic rings. The molecule has 1 aromatic rings. The van der Waals surface area contributed by atoms with Crippen LogP contribution >= 0.6 is 0 Å². The van der Waals surface area contributed by atoms with Crippen LogP contribution in [0.1, 0.15) is 12.5 Å². The fourth-order valence-corrected chi connectivity index (χ4v) is 1.69. The summed E-state index contributed by atoms with van der Waals surface area (Å²) in [5, 5.41) is 0. The lowest BCUT2D eigenvalue weighted by Crippen LogP contribution is -2.39. The van der Waals surface area contributed by atoms with E-state index in [1.54, 1.807) is 6.92 Å². The van der Waals surface area contributed by atoms with Crippen molar-refractivity contribution in [3.05, 3.63) is 23.9 Å². The molecular weight excluding hydrogens is 263 g/mol. The van der Waals surface area contributed by atoms with Crippen LogP contribution in [0, 0.1) is 0 Å². The first-order valence-electron chi connectivity index (χ1n) is 5.49. The highest BCUT2D eigenvalue weighted by Gasteiger charge is 2.42. The van der Waals surface area contributed by atoms with E-state index in [0.29, 0.717) is 6.20 Å². The fraction of sp³-hybridized carbons (Fsp3) is 0.455. The van der Waals surface area contributed by atoms with Crippen LogP contribution in [0.25, 0.3) is 0 Å². The Kier molecular flexibility index (Phi) is 3.13. The van der Waals surface area contributed by atoms with Gasteiger partial charge >= 0.3 is 12.3 Å². The Morgan fingerprint density at radius 3 is 2.63 bits per heavy atom. The summed E-state index contributed by atoms with van der Waals surface area (Å²) in [6.07, 6.45) is -4.44. The van der Waals surface area contributed by atoms with Crippen molar-refractivity contribution < 1.29 is 22.7 Å². The van der Waals surface area contributed by atoms with Crippen LogP contribution in [-0.2, 0) is 10.9 Å². The summed E-state index contributed by atoms with van der Waals surface area (Å²) in [6, 6.07) is 2.00. The number of anilines is 1. The van der Waals surface area contributed by atoms with Crippen LogP contribution < -0.4 is 10.6 Å². The third kappa shape index (κ3) is 2.62. The van der Waals surface area contributed by atoms with Crippen LogP contribution in [0.4, 0.5) is 23.8 Å². The SMILES string of the molecule is CC1(CN)CN(c2ccc(C(F)(F)F)cn2)C(=O)O1. The number of pyridine rings is 1. The fourth-order valence-electron chi connectivity index (χ4n) is 1.69. The van der Waals surface area contributed by atoms with Crippen LogP contribution in [0.2, 0.25) is 0 Å². The topological polar surface area (TPSA) is 68.5 Å². The summed E-state index contributed by atoms with van der Waals surface area (Å²) < 4.78 is 42.2. The molecule has 1 aliphatic heterocycles. The molecule has 0 aliphatic carbocycles. The Balaban J connectivity index is 2.22. The standard InChI is InChI=1S/C11H12F3N3O2/c1-10(5-15)6-17(9(18)19-10)8-3-2-7(4-16-8)11(12,13)14/h2-4H,5-6,15H2,1H3. The molecule has 0 bridgehead atoms. The molecule has 2 N–H and O–H groups in total. The van der Waals surface area contributed by atoms with Gasteiger partial charge in [0.1, 0.15) is 11.4 Å². The number of nitrogens with two attached hydrogens (primary N) is 1. The van der Waals surface area contributed by atoms with E-state index < -0.39 is 23.4 Å². The van der Waals surface area contributed by atoms with Crippen molar-refractivity contribution in [2.24, 2.45) is 5.73 Å². The summed E-state index contributed by atoms with van der Waals surface area (Å²) in [4.78, 5) is 16.4. The Morgan fingerprint density at radius 1 is 1.53 bits per heavy atom. The quantitative estimate of drug-likeness (QED) is 0.893. The molecule has 1 atom stereocenters. The number of ether oxygens (including phenoxy) is 1. The van der Waals surface area contributed by atoms with Gasteiger partial charge in [-0.25, -0.2) is 9.78 Å². The molecule has 1 aromatic heterocycles. The molecule has 1 saturated heterocycles. The predicted molar refractivity (Wildman–Crippen MR) is 60.5 cm³/mol. The van der Waals surface area contributed by atoms with Gasteiger partial charge in [0.25, 0.3) is 0 Å². The van der Waals surface area contributed by atoms with E-state index in [2.05, 4.69) is 4.98 Å². The third-order valence-electron chi connectivity index (χ3n) is 2.83. The van der Waals surface area contributed by atoms with E-state index in [9.17, 15) is 18.0 Å². The van der Waals surface area contributed by atoms with Gasteiger partial charge in [0.2, 0.25) is 0 Å². The van der Waals surface area contributed by atoms with Crippen molar-refractivity contribution in [1.29, 1.82) is 0 Å². The minimum Gasteiger partial charge on any atom is -0.440 e. The highest BCUT2D eigenvalue weighted by atomic mass is 19.4. The second kappa shape index (κ2) is 4.37. The number of hydrogen-bond acceptors (Lipinski definition) is 4. The van der Waals surface area contributed by atoms with Gasteiger partial charge in [-0.05, 0) is 19.1 Å². The molecular formula is C11H12F3N3O2. The first kappa shape index (κ1) is 13.6. The van der Waals surface area contributed by atoms with Crippen molar-refractivity contribution >= 4 is 11.9 Å². The van der Waals surface area contributed by atoms with E-state index in [0.717, 1.165) is 17.0 Å². The molecule has 19 heavy (non-hydrogen) atoms. The lowest BCUT2D eigenvalue weighted by Gasteiger charge is -2.18. The Morgan fingerprint density at radius 2 is 2.21 bits per heavy atom. The summed E-state index contributed by atoms with van der Waals surface area (Å²) in [6.45, 7) is 1.92. The number of aromatic nitrogens is 1. The molecule has 2 rings (SSSR count). The van der Waals surface area contributed by atoms with Crippen molar-refractivity contribution in [2.45, 2.75) is 18.7 Å². The van der Waals surface area contributed by atoms with Gasteiger partial charge in [-0.3, -0.25) is 4.90 Å². The maximum Gasteiger partial charge on any atom is 0.417 e. The highest BCUT2D eigenvalue weighted by Crippen LogP contribution is 2.31. The maximum absolute atomic E-state index is 12.4. The molecule has 1 amide bonds. The van der Waals surface area contributed by atoms with E-state index >= 15 is 0 Å². The highest BCUT2D eigenvalue weighted by molar-refractivity contribution is 5.89. The first-order chi connectivity index (χ1) is 8.75. The van der Waals surface area contributed by atoms with Gasteiger partial charge in [0, 0.05) is 12.7 Å². The minimum absolute atomic E-state index is 0.107. The first-order valence-corrected chi connectivity index (χ1v) is 5.49. The lowest BCUT2D eigenvalue weighted by molar-refractivity contribution is -0.137. The number of carbonyl (C=O) groups is 1. The van der Waals surface area contributed by atoms with Crippen LogP contribution in [0.15, 0.2) is 18.3 Å². The second-order valence-electron chi connectivity index (χ2n) is 4.51. The number of halogens is 3. The molecule has 1 fully saturated rings. The van der Waals surface area contributed by atoms with Crippen molar-refractivity contribution in [1.82, 2.24) is 4.98 Å². The molecule has 0 saturated carbocycles. The maximum atomic E-state index is 12.4. The van der Waals surface area contributed by atoms with Crippen molar-refractivity contribution in [3.63, 3.8) is 0 Å². The number of cyclic esters (lactones) is 1. The zero-order chi connectivity index (χ0) is 14.3. The molecule has 0 aromatic carbocycles. The summed E-state index contributed by atoms with van der Waals surface area (Å²) >= 11 is 0. The van der Waals surface area contributed by atoms with Crippen LogP contribution in [0.5, 0.6) is 0 Å². The van der Waals surface area contributed by atoms with E-state index in [1.807, 2.05) is 0 Å². The number of nitrogens with zero attached hydrogens (tertiary/aromatic N) is 2. The van der Waals surface area contributed by atoms with Gasteiger partial charge < -0.3 is 10.5 Å². The van der Waals surface area contributed by atoms with Gasteiger partial charge in [-0.2, -0.15) is 13.2 Å². The molecule has 2 heterocycles. The molecule has 104 valence electrons. The van der Waals surface area contributed by atoms with Gasteiger partial charge in [0.05, 0.1) is 12.1 Å². The minimum atomic E-state index is -4.46. The van der Waals surface area contributed by atoms with Crippen LogP contribution in [0.3, 0.4) is 0 Å². The third-order valence-corrected chi connectivity index (χ3v) is 2.83. The number of alkyl halides is 3. The monoisotopic (exact) mass is 275 g/mol. The normalized spacial score (nSPS) is 23.6. The Labute approximate surface area is 107 Å². The summed E-state index contributed by atoms with van der Waals surface area (Å²) in [5.74, 6) is 0.107. The average Bonchev–Trinajstić information content (AvgIpc) is 2.65. The molecule has 0 spiro atoms. The van der Waals surface area contributed by atoms with Gasteiger partial charge in [0.15, 0.2) is 0 Å². The summed E-state index contributed by atoms with van der Waals surface area (Å²) in [5.41, 5.74) is 3.76. The van der Waals surface area contributed by atoms with E-state index in [4.69, 9.17) is 10.5 Å². The molecule has 8 heteroatoms. The number of amides is 1. The molecule has 1 unspecified atom stereocenters. The van der Waals surface area contributed by atoms with E-state index in [-0.39, 0.29) is 18.9 Å². The van der Waals surface area contributed by atoms with Gasteiger partial charge in [-0.15, -0.1) is 0 Å². The number of rotatable bonds is 2. The largest absolute Gasteiger partial charge is 0.440 e. The van der Waals surface area contributed by atoms with Crippen molar-refractivity contribution in [2.75, 3.05) is 18.0 Å². The van der Waals surface area contributed by atoms with Gasteiger partial charge in [-0.1, -0.05) is 0 Å². The van der Waals surface area contributed by atoms with Crippen molar-refractivity contribution in [3.8, 4) is 0 Å². The lowest BCUT2D eigenvalue weighted by atomic mass is 10.1. The average molecular weight is 275 g/mol. The zero-order valence-corrected chi connectivity index (χ0v) is 10.1. The predicted octanol–water partition coefficient (Wildman–Crippen LogP) is 1.77. The number of carbonyl (C=O) groups excluding carboxylic acids is 1. The number of hydrogen-bond donors (Lipinski definition) is 1. The Bertz CT molecular complexity index is 489. The Hall–Kier alpha value is -1.83. The van der Waals surface area contributed by atoms with Crippen LogP contribution in [-0.4, -0.2) is 29.8 Å². The molecule has 0 radical (unpaired) electrons. The smallest absolute Gasteiger partial charge is 0.417 e. The summed E-state index contributed by atoms with van der Waals surface area (Å²) in [7, 11) is 0. The zero-order valence-electron chi connectivity index (χ0n) is 10.1. The second-order valence-corrected chi connectivity index (χ2v) is 4.51. The molecule has 5 nitrogen and oxygen atoms in total.